The molecule has 1 heterocycles. The second kappa shape index (κ2) is 11.6. The molecule has 9 nitrogen and oxygen atoms in total. The molecule has 3 rings (SSSR count). The van der Waals surface area contributed by atoms with E-state index in [0.29, 0.717) is 56.7 Å². The Morgan fingerprint density at radius 3 is 2.48 bits per heavy atom. The van der Waals surface area contributed by atoms with E-state index < -0.39 is 18.5 Å². The van der Waals surface area contributed by atoms with Crippen molar-refractivity contribution < 1.29 is 33.6 Å². The number of rotatable bonds is 9. The Labute approximate surface area is 197 Å². The van der Waals surface area contributed by atoms with Gasteiger partial charge in [0.2, 0.25) is 0 Å². The van der Waals surface area contributed by atoms with E-state index in [1.165, 1.54) is 18.2 Å². The second-order valence-corrected chi connectivity index (χ2v) is 7.50. The van der Waals surface area contributed by atoms with Gasteiger partial charge in [-0.1, -0.05) is 11.6 Å². The van der Waals surface area contributed by atoms with Gasteiger partial charge in [-0.2, -0.15) is 0 Å². The number of carbonyl (C=O) groups excluding carboxylic acids is 2. The summed E-state index contributed by atoms with van der Waals surface area (Å²) in [6.07, 6.45) is 0. The Morgan fingerprint density at radius 1 is 1.09 bits per heavy atom. The SMILES string of the molecule is CCOc1cc(N2CCOCC2)c(OCC)cc1NC(=O)COC(=O)c1cc(Cl)ccc1O. The Morgan fingerprint density at radius 2 is 1.79 bits per heavy atom. The van der Waals surface area contributed by atoms with E-state index >= 15 is 0 Å². The summed E-state index contributed by atoms with van der Waals surface area (Å²) in [5.74, 6) is -0.669. The highest BCUT2D eigenvalue weighted by atomic mass is 35.5. The maximum absolute atomic E-state index is 12.5. The van der Waals surface area contributed by atoms with Crippen LogP contribution in [-0.2, 0) is 14.3 Å². The zero-order chi connectivity index (χ0) is 23.8. The predicted molar refractivity (Wildman–Crippen MR) is 124 cm³/mol. The van der Waals surface area contributed by atoms with Gasteiger partial charge in [0.1, 0.15) is 22.8 Å². The van der Waals surface area contributed by atoms with Crippen molar-refractivity contribution in [3.8, 4) is 17.2 Å². The number of esters is 1. The van der Waals surface area contributed by atoms with Crippen LogP contribution in [0.1, 0.15) is 24.2 Å². The third-order valence-electron chi connectivity index (χ3n) is 4.80. The lowest BCUT2D eigenvalue weighted by Crippen LogP contribution is -2.36. The Kier molecular flexibility index (Phi) is 8.62. The number of benzene rings is 2. The molecule has 1 fully saturated rings. The number of nitrogens with zero attached hydrogens (tertiary/aromatic N) is 1. The van der Waals surface area contributed by atoms with Crippen molar-refractivity contribution in [3.63, 3.8) is 0 Å². The number of nitrogens with one attached hydrogen (secondary N) is 1. The van der Waals surface area contributed by atoms with Gasteiger partial charge < -0.3 is 34.3 Å². The van der Waals surface area contributed by atoms with E-state index in [9.17, 15) is 14.7 Å². The molecule has 0 spiro atoms. The lowest BCUT2D eigenvalue weighted by Gasteiger charge is -2.31. The third-order valence-corrected chi connectivity index (χ3v) is 5.03. The van der Waals surface area contributed by atoms with E-state index in [1.807, 2.05) is 19.9 Å². The quantitative estimate of drug-likeness (QED) is 0.528. The molecule has 2 aromatic carbocycles. The van der Waals surface area contributed by atoms with Crippen LogP contribution in [0.2, 0.25) is 5.02 Å². The number of hydrogen-bond donors (Lipinski definition) is 2. The lowest BCUT2D eigenvalue weighted by atomic mass is 10.2. The highest BCUT2D eigenvalue weighted by molar-refractivity contribution is 6.31. The van der Waals surface area contributed by atoms with Gasteiger partial charge in [-0.3, -0.25) is 4.79 Å². The van der Waals surface area contributed by atoms with E-state index in [-0.39, 0.29) is 16.3 Å². The topological polar surface area (TPSA) is 107 Å². The molecule has 1 saturated heterocycles. The van der Waals surface area contributed by atoms with Gasteiger partial charge >= 0.3 is 5.97 Å². The zero-order valence-electron chi connectivity index (χ0n) is 18.6. The van der Waals surface area contributed by atoms with Gasteiger partial charge in [-0.15, -0.1) is 0 Å². The van der Waals surface area contributed by atoms with Crippen LogP contribution in [-0.4, -0.2) is 63.1 Å². The van der Waals surface area contributed by atoms with Crippen LogP contribution in [0.25, 0.3) is 0 Å². The number of anilines is 2. The highest BCUT2D eigenvalue weighted by Gasteiger charge is 2.21. The summed E-state index contributed by atoms with van der Waals surface area (Å²) in [5.41, 5.74) is 1.12. The van der Waals surface area contributed by atoms with Crippen LogP contribution in [0.4, 0.5) is 11.4 Å². The fraction of sp³-hybridized carbons (Fsp3) is 0.391. The standard InChI is InChI=1S/C23H27ClN2O7/c1-3-31-20-13-18(26-7-9-30-10-8-26)21(32-4-2)12-17(20)25-22(28)14-33-23(29)16-11-15(24)5-6-19(16)27/h5-6,11-13,27H,3-4,7-10,14H2,1-2H3,(H,25,28). The normalized spacial score (nSPS) is 13.4. The summed E-state index contributed by atoms with van der Waals surface area (Å²) in [4.78, 5) is 26.9. The molecule has 10 heteroatoms. The van der Waals surface area contributed by atoms with Crippen LogP contribution in [0.5, 0.6) is 17.2 Å². The van der Waals surface area contributed by atoms with Gasteiger partial charge in [0.15, 0.2) is 6.61 Å². The number of carbonyl (C=O) groups is 2. The van der Waals surface area contributed by atoms with E-state index in [4.69, 9.17) is 30.5 Å². The van der Waals surface area contributed by atoms with Gasteiger partial charge in [0, 0.05) is 30.2 Å². The fourth-order valence-corrected chi connectivity index (χ4v) is 3.48. The minimum Gasteiger partial charge on any atom is -0.507 e. The molecule has 2 N–H and O–H groups in total. The first-order valence-corrected chi connectivity index (χ1v) is 11.0. The average Bonchev–Trinajstić information content (AvgIpc) is 2.81. The molecule has 1 aliphatic rings. The number of halogens is 1. The number of phenols is 1. The molecule has 0 atom stereocenters. The number of amides is 1. The van der Waals surface area contributed by atoms with E-state index in [2.05, 4.69) is 10.2 Å². The molecular weight excluding hydrogens is 452 g/mol. The summed E-state index contributed by atoms with van der Waals surface area (Å²) < 4.78 is 22.0. The van der Waals surface area contributed by atoms with Gasteiger partial charge in [-0.25, -0.2) is 4.79 Å². The first kappa shape index (κ1) is 24.5. The molecule has 0 aromatic heterocycles. The minimum atomic E-state index is -0.868. The average molecular weight is 479 g/mol. The fourth-order valence-electron chi connectivity index (χ4n) is 3.31. The summed E-state index contributed by atoms with van der Waals surface area (Å²) in [7, 11) is 0. The lowest BCUT2D eigenvalue weighted by molar-refractivity contribution is -0.119. The van der Waals surface area contributed by atoms with Crippen molar-refractivity contribution in [1.29, 1.82) is 0 Å². The van der Waals surface area contributed by atoms with Crippen molar-refractivity contribution in [1.82, 2.24) is 0 Å². The number of ether oxygens (including phenoxy) is 4. The number of morpholine rings is 1. The van der Waals surface area contributed by atoms with E-state index in [1.54, 1.807) is 6.07 Å². The smallest absolute Gasteiger partial charge is 0.342 e. The van der Waals surface area contributed by atoms with E-state index in [0.717, 1.165) is 5.69 Å². The Balaban J connectivity index is 1.75. The molecule has 178 valence electrons. The second-order valence-electron chi connectivity index (χ2n) is 7.07. The number of phenolic OH excluding ortho intramolecular Hbond substituents is 1. The van der Waals surface area contributed by atoms with Gasteiger partial charge in [0.25, 0.3) is 5.91 Å². The van der Waals surface area contributed by atoms with Crippen molar-refractivity contribution in [2.45, 2.75) is 13.8 Å². The summed E-state index contributed by atoms with van der Waals surface area (Å²) >= 11 is 5.85. The first-order valence-electron chi connectivity index (χ1n) is 10.6. The molecule has 1 aliphatic heterocycles. The van der Waals surface area contributed by atoms with Crippen LogP contribution in [0, 0.1) is 0 Å². The maximum Gasteiger partial charge on any atom is 0.342 e. The van der Waals surface area contributed by atoms with Crippen LogP contribution in [0.15, 0.2) is 30.3 Å². The monoisotopic (exact) mass is 478 g/mol. The molecule has 0 bridgehead atoms. The van der Waals surface area contributed by atoms with Crippen molar-refractivity contribution in [2.24, 2.45) is 0 Å². The first-order chi connectivity index (χ1) is 15.9. The third kappa shape index (κ3) is 6.43. The Hall–Kier alpha value is -3.17. The number of hydrogen-bond acceptors (Lipinski definition) is 8. The zero-order valence-corrected chi connectivity index (χ0v) is 19.3. The summed E-state index contributed by atoms with van der Waals surface area (Å²) in [6.45, 7) is 6.64. The summed E-state index contributed by atoms with van der Waals surface area (Å²) in [5, 5.41) is 12.8. The molecule has 1 amide bonds. The van der Waals surface area contributed by atoms with Crippen LogP contribution < -0.4 is 19.7 Å². The molecule has 0 unspecified atom stereocenters. The van der Waals surface area contributed by atoms with Crippen molar-refractivity contribution >= 4 is 34.9 Å². The predicted octanol–water partition coefficient (Wildman–Crippen LogP) is 3.48. The maximum atomic E-state index is 12.5. The van der Waals surface area contributed by atoms with Crippen molar-refractivity contribution in [2.75, 3.05) is 56.3 Å². The Bertz CT molecular complexity index is 993. The van der Waals surface area contributed by atoms with Gasteiger partial charge in [0.05, 0.1) is 37.8 Å². The van der Waals surface area contributed by atoms with Crippen LogP contribution in [0.3, 0.4) is 0 Å². The van der Waals surface area contributed by atoms with Crippen LogP contribution >= 0.6 is 11.6 Å². The van der Waals surface area contributed by atoms with Crippen molar-refractivity contribution in [3.05, 3.63) is 40.9 Å². The molecule has 2 aromatic rings. The molecule has 0 radical (unpaired) electrons. The molecule has 0 aliphatic carbocycles. The highest BCUT2D eigenvalue weighted by Crippen LogP contribution is 2.39. The number of aromatic hydroxyl groups is 1. The van der Waals surface area contributed by atoms with Gasteiger partial charge in [-0.05, 0) is 32.0 Å². The largest absolute Gasteiger partial charge is 0.507 e. The molecular formula is C23H27ClN2O7. The molecule has 33 heavy (non-hydrogen) atoms. The summed E-state index contributed by atoms with van der Waals surface area (Å²) in [6, 6.07) is 7.50. The minimum absolute atomic E-state index is 0.126. The molecule has 0 saturated carbocycles.